The third kappa shape index (κ3) is 6.08. The zero-order valence-corrected chi connectivity index (χ0v) is 21.8. The van der Waals surface area contributed by atoms with Crippen LogP contribution in [0.15, 0.2) is 45.7 Å². The molecule has 0 atom stereocenters. The van der Waals surface area contributed by atoms with Crippen LogP contribution in [0.5, 0.6) is 0 Å². The van der Waals surface area contributed by atoms with Crippen LogP contribution >= 0.6 is 0 Å². The topological polar surface area (TPSA) is 117 Å². The lowest BCUT2D eigenvalue weighted by atomic mass is 10.0. The molecule has 2 heterocycles. The van der Waals surface area contributed by atoms with Crippen LogP contribution in [0.4, 0.5) is 11.7 Å². The van der Waals surface area contributed by atoms with Crippen molar-refractivity contribution in [2.24, 2.45) is 5.92 Å². The van der Waals surface area contributed by atoms with E-state index in [1.807, 2.05) is 32.0 Å². The van der Waals surface area contributed by atoms with Gasteiger partial charge < -0.3 is 20.0 Å². The summed E-state index contributed by atoms with van der Waals surface area (Å²) in [6, 6.07) is 9.03. The van der Waals surface area contributed by atoms with Gasteiger partial charge in [-0.05, 0) is 63.4 Å². The fourth-order valence-electron chi connectivity index (χ4n) is 4.13. The van der Waals surface area contributed by atoms with E-state index in [2.05, 4.69) is 20.6 Å². The average molecular weight is 494 g/mol. The second kappa shape index (κ2) is 11.3. The minimum atomic E-state index is -1.08. The molecule has 1 aromatic carbocycles. The highest BCUT2D eigenvalue weighted by atomic mass is 16.4. The van der Waals surface area contributed by atoms with Gasteiger partial charge in [0.2, 0.25) is 11.8 Å². The molecule has 0 fully saturated rings. The molecule has 2 amide bonds. The molecule has 2 aromatic heterocycles. The molecule has 36 heavy (non-hydrogen) atoms. The summed E-state index contributed by atoms with van der Waals surface area (Å²) < 4.78 is 5.44. The minimum Gasteiger partial charge on any atom is -0.389 e. The summed E-state index contributed by atoms with van der Waals surface area (Å²) in [5, 5.41) is 6.18. The van der Waals surface area contributed by atoms with E-state index in [1.54, 1.807) is 51.0 Å². The number of hydrogen-bond acceptors (Lipinski definition) is 7. The lowest BCUT2D eigenvalue weighted by Gasteiger charge is -2.30. The Labute approximate surface area is 211 Å². The zero-order chi connectivity index (χ0) is 26.5. The van der Waals surface area contributed by atoms with Gasteiger partial charge in [0.25, 0.3) is 6.01 Å². The van der Waals surface area contributed by atoms with Crippen LogP contribution in [0.1, 0.15) is 51.8 Å². The molecule has 0 spiro atoms. The molecular formula is C27H35N5O4. The van der Waals surface area contributed by atoms with Gasteiger partial charge in [-0.25, -0.2) is 4.79 Å². The molecule has 3 aromatic rings. The van der Waals surface area contributed by atoms with E-state index in [1.165, 1.54) is 0 Å². The molecule has 192 valence electrons. The summed E-state index contributed by atoms with van der Waals surface area (Å²) in [6.07, 6.45) is 3.82. The molecule has 9 nitrogen and oxygen atoms in total. The normalized spacial score (nSPS) is 11.5. The Bertz CT molecular complexity index is 1280. The highest BCUT2D eigenvalue weighted by molar-refractivity contribution is 5.97. The van der Waals surface area contributed by atoms with Gasteiger partial charge in [0.15, 0.2) is 0 Å². The van der Waals surface area contributed by atoms with Crippen LogP contribution in [-0.2, 0) is 16.0 Å². The third-order valence-corrected chi connectivity index (χ3v) is 6.40. The maximum absolute atomic E-state index is 13.1. The van der Waals surface area contributed by atoms with Crippen LogP contribution in [0.2, 0.25) is 0 Å². The highest BCUT2D eigenvalue weighted by Gasteiger charge is 2.32. The molecule has 0 unspecified atom stereocenters. The Morgan fingerprint density at radius 3 is 2.50 bits per heavy atom. The zero-order valence-electron chi connectivity index (χ0n) is 21.8. The van der Waals surface area contributed by atoms with Crippen molar-refractivity contribution in [1.82, 2.24) is 14.9 Å². The summed E-state index contributed by atoms with van der Waals surface area (Å²) in [6.45, 7) is 9.60. The number of pyridine rings is 1. The molecule has 0 bridgehead atoms. The van der Waals surface area contributed by atoms with Crippen molar-refractivity contribution in [3.63, 3.8) is 0 Å². The van der Waals surface area contributed by atoms with E-state index in [9.17, 15) is 14.4 Å². The fourth-order valence-corrected chi connectivity index (χ4v) is 4.13. The van der Waals surface area contributed by atoms with Gasteiger partial charge in [0.05, 0.1) is 10.9 Å². The number of aryl methyl sites for hydroxylation is 1. The maximum Gasteiger partial charge on any atom is 0.348 e. The Hall–Kier alpha value is -3.75. The van der Waals surface area contributed by atoms with Gasteiger partial charge in [-0.3, -0.25) is 14.6 Å². The van der Waals surface area contributed by atoms with Crippen LogP contribution in [-0.4, -0.2) is 45.8 Å². The van der Waals surface area contributed by atoms with Crippen molar-refractivity contribution in [2.45, 2.75) is 59.4 Å². The third-order valence-electron chi connectivity index (χ3n) is 6.40. The number of hydrogen-bond donors (Lipinski definition) is 2. The maximum atomic E-state index is 13.1. The molecular weight excluding hydrogens is 458 g/mol. The molecule has 0 aliphatic carbocycles. The van der Waals surface area contributed by atoms with E-state index in [0.717, 1.165) is 18.5 Å². The lowest BCUT2D eigenvalue weighted by Crippen LogP contribution is -2.49. The predicted octanol–water partition coefficient (Wildman–Crippen LogP) is 4.16. The summed E-state index contributed by atoms with van der Waals surface area (Å²) in [7, 11) is 1.72. The molecule has 2 N–H and O–H groups in total. The number of rotatable bonds is 10. The van der Waals surface area contributed by atoms with Crippen LogP contribution in [0, 0.1) is 12.8 Å². The monoisotopic (exact) mass is 493 g/mol. The van der Waals surface area contributed by atoms with Gasteiger partial charge in [-0.1, -0.05) is 19.9 Å². The van der Waals surface area contributed by atoms with E-state index < -0.39 is 11.2 Å². The lowest BCUT2D eigenvalue weighted by molar-refractivity contribution is -0.133. The van der Waals surface area contributed by atoms with Gasteiger partial charge in [0, 0.05) is 43.5 Å². The van der Waals surface area contributed by atoms with Crippen LogP contribution in [0.3, 0.4) is 0 Å². The number of anilines is 2. The first-order chi connectivity index (χ1) is 17.1. The molecule has 0 aliphatic rings. The molecule has 0 radical (unpaired) electrons. The number of benzene rings is 1. The second-order valence-corrected chi connectivity index (χ2v) is 9.49. The number of amides is 2. The summed E-state index contributed by atoms with van der Waals surface area (Å²) in [5.74, 6) is -0.354. The van der Waals surface area contributed by atoms with E-state index in [4.69, 9.17) is 4.42 Å². The number of nitrogens with one attached hydrogen (secondary N) is 2. The number of likely N-dealkylation sites (N-methyl/N-ethyl adjacent to an activating group) is 1. The summed E-state index contributed by atoms with van der Waals surface area (Å²) in [5.41, 5.74) is 0.789. The highest BCUT2D eigenvalue weighted by Crippen LogP contribution is 2.25. The second-order valence-electron chi connectivity index (χ2n) is 9.49. The van der Waals surface area contributed by atoms with Gasteiger partial charge in [0.1, 0.15) is 5.54 Å². The summed E-state index contributed by atoms with van der Waals surface area (Å²) >= 11 is 0. The number of carbonyl (C=O) groups is 2. The minimum absolute atomic E-state index is 0.0443. The Balaban J connectivity index is 1.77. The number of carbonyl (C=O) groups excluding carboxylic acids is 2. The van der Waals surface area contributed by atoms with Gasteiger partial charge in [-0.2, -0.15) is 4.98 Å². The molecule has 0 saturated heterocycles. The Kier molecular flexibility index (Phi) is 8.45. The van der Waals surface area contributed by atoms with Gasteiger partial charge in [-0.15, -0.1) is 0 Å². The molecule has 9 heteroatoms. The van der Waals surface area contributed by atoms with Crippen molar-refractivity contribution in [1.29, 1.82) is 0 Å². The smallest absolute Gasteiger partial charge is 0.348 e. The summed E-state index contributed by atoms with van der Waals surface area (Å²) in [4.78, 5) is 48.9. The van der Waals surface area contributed by atoms with Crippen molar-refractivity contribution in [3.05, 3.63) is 58.2 Å². The first kappa shape index (κ1) is 26.8. The number of nitrogens with zero attached hydrogens (tertiary/aromatic N) is 3. The van der Waals surface area contributed by atoms with Crippen LogP contribution in [0.25, 0.3) is 10.9 Å². The van der Waals surface area contributed by atoms with Crippen molar-refractivity contribution >= 4 is 34.4 Å². The van der Waals surface area contributed by atoms with E-state index in [0.29, 0.717) is 35.1 Å². The Morgan fingerprint density at radius 1 is 1.14 bits per heavy atom. The fraction of sp³-hybridized carbons (Fsp3) is 0.444. The van der Waals surface area contributed by atoms with E-state index >= 15 is 0 Å². The van der Waals surface area contributed by atoms with Crippen molar-refractivity contribution in [3.8, 4) is 0 Å². The molecule has 3 rings (SSSR count). The van der Waals surface area contributed by atoms with Crippen LogP contribution < -0.4 is 16.3 Å². The largest absolute Gasteiger partial charge is 0.389 e. The molecule has 0 aliphatic heterocycles. The van der Waals surface area contributed by atoms with Crippen molar-refractivity contribution in [2.75, 3.05) is 24.2 Å². The van der Waals surface area contributed by atoms with E-state index in [-0.39, 0.29) is 23.7 Å². The average Bonchev–Trinajstić information content (AvgIpc) is 2.84. The van der Waals surface area contributed by atoms with Gasteiger partial charge >= 0.3 is 5.63 Å². The quantitative estimate of drug-likeness (QED) is 0.435. The SMILES string of the molecule is CCC(CC)C(=O)Nc1ccc2nc(NC(C)(C)C(=O)N(C)CCc3ccccn3)oc(=O)c2c1C. The first-order valence-electron chi connectivity index (χ1n) is 12.3. The number of aromatic nitrogens is 2. The predicted molar refractivity (Wildman–Crippen MR) is 141 cm³/mol. The van der Waals surface area contributed by atoms with Crippen molar-refractivity contribution < 1.29 is 14.0 Å². The number of fused-ring (bicyclic) bond motifs is 1. The molecule has 0 saturated carbocycles. The Morgan fingerprint density at radius 2 is 1.86 bits per heavy atom. The first-order valence-corrected chi connectivity index (χ1v) is 12.3. The standard InChI is InChI=1S/C27H35N5O4/c1-7-18(8-2)23(33)29-20-12-13-21-22(17(20)3)24(34)36-26(30-21)31-27(4,5)25(35)32(6)16-14-19-11-9-10-15-28-19/h9-13,15,18H,7-8,14,16H2,1-6H3,(H,29,33)(H,30,31).